The SMILES string of the molecule is CCCC(CC)Nc1nccn1CC. The van der Waals surface area contributed by atoms with E-state index in [1.165, 1.54) is 12.8 Å². The first-order chi connectivity index (χ1) is 6.81. The molecule has 1 atom stereocenters. The van der Waals surface area contributed by atoms with Gasteiger partial charge in [0.2, 0.25) is 5.95 Å². The molecular formula is C11H21N3. The molecule has 0 aliphatic heterocycles. The van der Waals surface area contributed by atoms with Gasteiger partial charge in [0.1, 0.15) is 0 Å². The molecule has 1 N–H and O–H groups in total. The van der Waals surface area contributed by atoms with Crippen molar-refractivity contribution in [2.45, 2.75) is 52.6 Å². The van der Waals surface area contributed by atoms with Gasteiger partial charge in [-0.15, -0.1) is 0 Å². The van der Waals surface area contributed by atoms with Gasteiger partial charge in [-0.25, -0.2) is 4.98 Å². The molecule has 0 bridgehead atoms. The van der Waals surface area contributed by atoms with Crippen molar-refractivity contribution >= 4 is 5.95 Å². The van der Waals surface area contributed by atoms with E-state index in [0.29, 0.717) is 6.04 Å². The number of rotatable bonds is 6. The molecule has 1 aromatic rings. The Morgan fingerprint density at radius 3 is 2.79 bits per heavy atom. The second kappa shape index (κ2) is 5.68. The molecule has 0 radical (unpaired) electrons. The maximum absolute atomic E-state index is 4.31. The Labute approximate surface area is 86.5 Å². The maximum atomic E-state index is 4.31. The Morgan fingerprint density at radius 2 is 2.21 bits per heavy atom. The fourth-order valence-electron chi connectivity index (χ4n) is 1.61. The number of imidazole rings is 1. The van der Waals surface area contributed by atoms with Crippen LogP contribution in [-0.2, 0) is 6.54 Å². The lowest BCUT2D eigenvalue weighted by Crippen LogP contribution is -2.20. The smallest absolute Gasteiger partial charge is 0.202 e. The van der Waals surface area contributed by atoms with E-state index in [4.69, 9.17) is 0 Å². The van der Waals surface area contributed by atoms with Gasteiger partial charge in [-0.3, -0.25) is 0 Å². The zero-order valence-corrected chi connectivity index (χ0v) is 9.45. The van der Waals surface area contributed by atoms with E-state index in [0.717, 1.165) is 18.9 Å². The van der Waals surface area contributed by atoms with Gasteiger partial charge in [-0.1, -0.05) is 20.3 Å². The topological polar surface area (TPSA) is 29.9 Å². The first-order valence-electron chi connectivity index (χ1n) is 5.59. The second-order valence-electron chi connectivity index (χ2n) is 3.58. The van der Waals surface area contributed by atoms with E-state index in [-0.39, 0.29) is 0 Å². The second-order valence-corrected chi connectivity index (χ2v) is 3.58. The molecule has 1 aromatic heterocycles. The highest BCUT2D eigenvalue weighted by Crippen LogP contribution is 2.10. The normalized spacial score (nSPS) is 12.8. The lowest BCUT2D eigenvalue weighted by molar-refractivity contribution is 0.609. The summed E-state index contributed by atoms with van der Waals surface area (Å²) in [5.74, 6) is 1.01. The maximum Gasteiger partial charge on any atom is 0.202 e. The van der Waals surface area contributed by atoms with Crippen LogP contribution >= 0.6 is 0 Å². The fourth-order valence-corrected chi connectivity index (χ4v) is 1.61. The van der Waals surface area contributed by atoms with E-state index < -0.39 is 0 Å². The zero-order valence-electron chi connectivity index (χ0n) is 9.45. The summed E-state index contributed by atoms with van der Waals surface area (Å²) >= 11 is 0. The summed E-state index contributed by atoms with van der Waals surface area (Å²) in [7, 11) is 0. The number of nitrogens with zero attached hydrogens (tertiary/aromatic N) is 2. The molecule has 1 unspecified atom stereocenters. The first-order valence-corrected chi connectivity index (χ1v) is 5.59. The molecule has 0 aromatic carbocycles. The molecule has 14 heavy (non-hydrogen) atoms. The van der Waals surface area contributed by atoms with Crippen molar-refractivity contribution in [1.29, 1.82) is 0 Å². The molecule has 0 saturated carbocycles. The third kappa shape index (κ3) is 2.76. The molecule has 3 nitrogen and oxygen atoms in total. The van der Waals surface area contributed by atoms with Crippen molar-refractivity contribution in [3.63, 3.8) is 0 Å². The lowest BCUT2D eigenvalue weighted by Gasteiger charge is -2.17. The highest BCUT2D eigenvalue weighted by Gasteiger charge is 2.07. The third-order valence-electron chi connectivity index (χ3n) is 2.52. The van der Waals surface area contributed by atoms with Gasteiger partial charge in [-0.2, -0.15) is 0 Å². The van der Waals surface area contributed by atoms with Crippen LogP contribution in [-0.4, -0.2) is 15.6 Å². The highest BCUT2D eigenvalue weighted by molar-refractivity contribution is 5.27. The van der Waals surface area contributed by atoms with Crippen LogP contribution in [0.25, 0.3) is 0 Å². The number of aromatic nitrogens is 2. The van der Waals surface area contributed by atoms with Crippen LogP contribution in [0.2, 0.25) is 0 Å². The van der Waals surface area contributed by atoms with E-state index >= 15 is 0 Å². The summed E-state index contributed by atoms with van der Waals surface area (Å²) in [4.78, 5) is 4.31. The number of anilines is 1. The first kappa shape index (κ1) is 11.1. The van der Waals surface area contributed by atoms with Gasteiger partial charge in [-0.05, 0) is 19.8 Å². The van der Waals surface area contributed by atoms with Crippen LogP contribution in [0.3, 0.4) is 0 Å². The summed E-state index contributed by atoms with van der Waals surface area (Å²) in [6.07, 6.45) is 7.46. The van der Waals surface area contributed by atoms with Gasteiger partial charge in [0, 0.05) is 25.0 Å². The van der Waals surface area contributed by atoms with Crippen molar-refractivity contribution in [1.82, 2.24) is 9.55 Å². The molecule has 0 fully saturated rings. The van der Waals surface area contributed by atoms with Crippen molar-refractivity contribution in [3.8, 4) is 0 Å². The summed E-state index contributed by atoms with van der Waals surface area (Å²) in [5.41, 5.74) is 0. The Hall–Kier alpha value is -0.990. The molecule has 3 heteroatoms. The van der Waals surface area contributed by atoms with Crippen molar-refractivity contribution in [3.05, 3.63) is 12.4 Å². The quantitative estimate of drug-likeness (QED) is 0.756. The van der Waals surface area contributed by atoms with E-state index in [2.05, 4.69) is 35.6 Å². The number of hydrogen-bond acceptors (Lipinski definition) is 2. The molecule has 0 aliphatic rings. The van der Waals surface area contributed by atoms with Crippen LogP contribution in [0.1, 0.15) is 40.0 Å². The standard InChI is InChI=1S/C11H21N3/c1-4-7-10(5-2)13-11-12-8-9-14(11)6-3/h8-10H,4-7H2,1-3H3,(H,12,13). The molecule has 1 heterocycles. The largest absolute Gasteiger partial charge is 0.353 e. The van der Waals surface area contributed by atoms with Gasteiger partial charge < -0.3 is 9.88 Å². The van der Waals surface area contributed by atoms with Crippen molar-refractivity contribution in [2.24, 2.45) is 0 Å². The van der Waals surface area contributed by atoms with Crippen LogP contribution in [0.4, 0.5) is 5.95 Å². The van der Waals surface area contributed by atoms with Crippen LogP contribution in [0.15, 0.2) is 12.4 Å². The minimum absolute atomic E-state index is 0.563. The summed E-state index contributed by atoms with van der Waals surface area (Å²) in [6.45, 7) is 7.54. The number of aryl methyl sites for hydroxylation is 1. The van der Waals surface area contributed by atoms with Crippen LogP contribution < -0.4 is 5.32 Å². The highest BCUT2D eigenvalue weighted by atomic mass is 15.2. The predicted octanol–water partition coefficient (Wildman–Crippen LogP) is 2.89. The van der Waals surface area contributed by atoms with E-state index in [1.54, 1.807) is 0 Å². The summed E-state index contributed by atoms with van der Waals surface area (Å²) < 4.78 is 2.14. The third-order valence-corrected chi connectivity index (χ3v) is 2.52. The minimum atomic E-state index is 0.563. The Balaban J connectivity index is 2.56. The van der Waals surface area contributed by atoms with Gasteiger partial charge in [0.25, 0.3) is 0 Å². The Kier molecular flexibility index (Phi) is 4.50. The fraction of sp³-hybridized carbons (Fsp3) is 0.727. The minimum Gasteiger partial charge on any atom is -0.353 e. The zero-order chi connectivity index (χ0) is 10.4. The summed E-state index contributed by atoms with van der Waals surface area (Å²) in [6, 6.07) is 0.563. The molecule has 0 spiro atoms. The van der Waals surface area contributed by atoms with Crippen molar-refractivity contribution in [2.75, 3.05) is 5.32 Å². The molecular weight excluding hydrogens is 174 g/mol. The van der Waals surface area contributed by atoms with Crippen LogP contribution in [0, 0.1) is 0 Å². The van der Waals surface area contributed by atoms with Gasteiger partial charge in [0.05, 0.1) is 0 Å². The number of hydrogen-bond donors (Lipinski definition) is 1. The monoisotopic (exact) mass is 195 g/mol. The van der Waals surface area contributed by atoms with Gasteiger partial charge in [0.15, 0.2) is 0 Å². The molecule has 0 amide bonds. The Morgan fingerprint density at radius 1 is 1.43 bits per heavy atom. The lowest BCUT2D eigenvalue weighted by atomic mass is 10.1. The Bertz CT molecular complexity index is 255. The van der Waals surface area contributed by atoms with Crippen molar-refractivity contribution < 1.29 is 0 Å². The predicted molar refractivity (Wildman–Crippen MR) is 60.5 cm³/mol. The molecule has 80 valence electrons. The number of nitrogens with one attached hydrogen (secondary N) is 1. The van der Waals surface area contributed by atoms with E-state index in [9.17, 15) is 0 Å². The molecule has 0 saturated heterocycles. The average molecular weight is 195 g/mol. The molecule has 1 rings (SSSR count). The van der Waals surface area contributed by atoms with Gasteiger partial charge >= 0.3 is 0 Å². The average Bonchev–Trinajstić information content (AvgIpc) is 2.64. The molecule has 0 aliphatic carbocycles. The van der Waals surface area contributed by atoms with Crippen LogP contribution in [0.5, 0.6) is 0 Å². The van der Waals surface area contributed by atoms with E-state index in [1.807, 2.05) is 12.4 Å². The summed E-state index contributed by atoms with van der Waals surface area (Å²) in [5, 5.41) is 3.48.